The molecule has 1 aliphatic rings. The Morgan fingerprint density at radius 3 is 2.62 bits per heavy atom. The Hall–Kier alpha value is -3.63. The molecule has 1 atom stereocenters. The van der Waals surface area contributed by atoms with Crippen molar-refractivity contribution in [1.29, 1.82) is 5.26 Å². The third-order valence-electron chi connectivity index (χ3n) is 6.40. The number of benzene rings is 2. The second kappa shape index (κ2) is 8.96. The number of nitriles is 1. The maximum absolute atomic E-state index is 10.3. The molecule has 2 aromatic heterocycles. The molecule has 3 heterocycles. The van der Waals surface area contributed by atoms with Gasteiger partial charge in [-0.05, 0) is 80.0 Å². The van der Waals surface area contributed by atoms with Crippen LogP contribution in [0.5, 0.6) is 0 Å². The van der Waals surface area contributed by atoms with Crippen molar-refractivity contribution in [3.05, 3.63) is 89.0 Å². The molecular formula is C27H26N6S. The number of rotatable bonds is 5. The van der Waals surface area contributed by atoms with E-state index in [2.05, 4.69) is 66.7 Å². The van der Waals surface area contributed by atoms with E-state index in [0.29, 0.717) is 5.82 Å². The fraction of sp³-hybridized carbons (Fsp3) is 0.259. The fourth-order valence-corrected chi connectivity index (χ4v) is 5.03. The second-order valence-electron chi connectivity index (χ2n) is 8.67. The summed E-state index contributed by atoms with van der Waals surface area (Å²) >= 11 is 1.70. The Labute approximate surface area is 204 Å². The van der Waals surface area contributed by atoms with E-state index in [1.54, 1.807) is 11.8 Å². The molecule has 0 saturated heterocycles. The molecule has 1 aliphatic heterocycles. The smallest absolute Gasteiger partial charge is 0.174 e. The van der Waals surface area contributed by atoms with Gasteiger partial charge in [-0.25, -0.2) is 14.6 Å². The number of hydrogen-bond acceptors (Lipinski definition) is 5. The topological polar surface area (TPSA) is 72.3 Å². The average molecular weight is 467 g/mol. The second-order valence-corrected chi connectivity index (χ2v) is 9.55. The Kier molecular flexibility index (Phi) is 5.84. The molecule has 0 saturated carbocycles. The number of thioether (sulfide) groups is 1. The van der Waals surface area contributed by atoms with E-state index in [4.69, 9.17) is 10.1 Å². The van der Waals surface area contributed by atoms with Gasteiger partial charge in [0.1, 0.15) is 5.41 Å². The molecular weight excluding hydrogens is 440 g/mol. The van der Waals surface area contributed by atoms with Crippen LogP contribution in [0.4, 0.5) is 0 Å². The van der Waals surface area contributed by atoms with Crippen LogP contribution in [0.1, 0.15) is 46.9 Å². The van der Waals surface area contributed by atoms with Crippen molar-refractivity contribution in [2.24, 2.45) is 0 Å². The molecule has 0 fully saturated rings. The van der Waals surface area contributed by atoms with Gasteiger partial charge in [-0.3, -0.25) is 0 Å². The van der Waals surface area contributed by atoms with Crippen LogP contribution >= 0.6 is 11.8 Å². The van der Waals surface area contributed by atoms with Crippen LogP contribution in [0.2, 0.25) is 0 Å². The zero-order valence-corrected chi connectivity index (χ0v) is 20.4. The molecule has 34 heavy (non-hydrogen) atoms. The molecule has 6 nitrogen and oxygen atoms in total. The first-order chi connectivity index (χ1) is 16.5. The van der Waals surface area contributed by atoms with Gasteiger partial charge in [0.05, 0.1) is 18.1 Å². The molecule has 7 heteroatoms. The van der Waals surface area contributed by atoms with E-state index in [9.17, 15) is 5.26 Å². The maximum atomic E-state index is 10.3. The van der Waals surface area contributed by atoms with Gasteiger partial charge in [-0.2, -0.15) is 10.4 Å². The van der Waals surface area contributed by atoms with E-state index in [1.807, 2.05) is 40.8 Å². The number of aromatic nitrogens is 5. The van der Waals surface area contributed by atoms with E-state index >= 15 is 0 Å². The largest absolute Gasteiger partial charge is 0.306 e. The number of hydrogen-bond donors (Lipinski definition) is 0. The van der Waals surface area contributed by atoms with Crippen molar-refractivity contribution in [1.82, 2.24) is 24.3 Å². The Morgan fingerprint density at radius 1 is 1.12 bits per heavy atom. The van der Waals surface area contributed by atoms with Crippen molar-refractivity contribution >= 4 is 23.9 Å². The minimum Gasteiger partial charge on any atom is -0.306 e. The lowest BCUT2D eigenvalue weighted by molar-refractivity contribution is 0.393. The molecule has 0 spiro atoms. The van der Waals surface area contributed by atoms with Gasteiger partial charge in [-0.1, -0.05) is 24.3 Å². The van der Waals surface area contributed by atoms with Gasteiger partial charge >= 0.3 is 0 Å². The highest BCUT2D eigenvalue weighted by atomic mass is 32.2. The lowest BCUT2D eigenvalue weighted by atomic mass is 9.75. The van der Waals surface area contributed by atoms with Crippen molar-refractivity contribution in [2.75, 3.05) is 6.26 Å². The molecule has 0 bridgehead atoms. The monoisotopic (exact) mass is 466 g/mol. The molecule has 0 aliphatic carbocycles. The summed E-state index contributed by atoms with van der Waals surface area (Å²) in [7, 11) is 0. The molecule has 0 radical (unpaired) electrons. The normalized spacial score (nSPS) is 17.6. The quantitative estimate of drug-likeness (QED) is 0.359. The maximum Gasteiger partial charge on any atom is 0.174 e. The van der Waals surface area contributed by atoms with Gasteiger partial charge in [-0.15, -0.1) is 11.8 Å². The number of imidazole rings is 1. The average Bonchev–Trinajstić information content (AvgIpc) is 3.48. The van der Waals surface area contributed by atoms with Crippen LogP contribution in [-0.2, 0) is 12.0 Å². The summed E-state index contributed by atoms with van der Waals surface area (Å²) in [5.41, 5.74) is 4.55. The summed E-state index contributed by atoms with van der Waals surface area (Å²) in [6.45, 7) is 4.86. The molecule has 0 amide bonds. The summed E-state index contributed by atoms with van der Waals surface area (Å²) in [6, 6.07) is 17.2. The van der Waals surface area contributed by atoms with Crippen molar-refractivity contribution in [3.63, 3.8) is 0 Å². The van der Waals surface area contributed by atoms with Gasteiger partial charge in [0.15, 0.2) is 11.6 Å². The number of nitrogens with zero attached hydrogens (tertiary/aromatic N) is 6. The van der Waals surface area contributed by atoms with Crippen LogP contribution in [-0.4, -0.2) is 30.6 Å². The van der Waals surface area contributed by atoms with Gasteiger partial charge in [0.25, 0.3) is 0 Å². The fourth-order valence-electron chi connectivity index (χ4n) is 4.62. The van der Waals surface area contributed by atoms with E-state index in [-0.39, 0.29) is 0 Å². The van der Waals surface area contributed by atoms with E-state index in [1.165, 1.54) is 4.90 Å². The van der Waals surface area contributed by atoms with E-state index in [0.717, 1.165) is 53.3 Å². The molecule has 0 unspecified atom stereocenters. The predicted octanol–water partition coefficient (Wildman–Crippen LogP) is 5.58. The Bertz CT molecular complexity index is 1410. The molecule has 2 aromatic carbocycles. The number of fused-ring (bicyclic) bond motifs is 1. The zero-order valence-electron chi connectivity index (χ0n) is 19.6. The Balaban J connectivity index is 1.44. The lowest BCUT2D eigenvalue weighted by Crippen LogP contribution is -2.34. The van der Waals surface area contributed by atoms with Crippen LogP contribution < -0.4 is 0 Å². The standard InChI is InChI=1S/C27H26N6S/c1-19-15-21(5-11-24(19)32-16-20(2)29-18-32)6-12-25-30-26-27(17-28,13-4-14-33(26)31-25)22-7-9-23(34-3)10-8-22/h5-12,15-16,18H,4,13-14H2,1-3H3/b12-6+/t27-/m0/s1. The zero-order chi connectivity index (χ0) is 23.7. The number of aryl methyl sites for hydroxylation is 3. The highest BCUT2D eigenvalue weighted by Crippen LogP contribution is 2.39. The minimum absolute atomic E-state index is 0.629. The SMILES string of the molecule is CSc1ccc([C@@]2(C#N)CCCn3nc(/C=C/c4ccc(-n5cnc(C)c5)c(C)c4)nc32)cc1. The van der Waals surface area contributed by atoms with E-state index < -0.39 is 5.41 Å². The van der Waals surface area contributed by atoms with Gasteiger partial charge in [0.2, 0.25) is 0 Å². The van der Waals surface area contributed by atoms with Crippen molar-refractivity contribution in [2.45, 2.75) is 43.5 Å². The molecule has 0 N–H and O–H groups in total. The molecule has 4 aromatic rings. The van der Waals surface area contributed by atoms with Gasteiger partial charge in [0, 0.05) is 23.3 Å². The van der Waals surface area contributed by atoms with Crippen LogP contribution in [0.15, 0.2) is 59.9 Å². The first-order valence-electron chi connectivity index (χ1n) is 11.3. The van der Waals surface area contributed by atoms with Crippen LogP contribution in [0.25, 0.3) is 17.8 Å². The Morgan fingerprint density at radius 2 is 1.94 bits per heavy atom. The van der Waals surface area contributed by atoms with Gasteiger partial charge < -0.3 is 4.57 Å². The first-order valence-corrected chi connectivity index (χ1v) is 12.6. The van der Waals surface area contributed by atoms with Crippen LogP contribution in [0, 0.1) is 25.2 Å². The third-order valence-corrected chi connectivity index (χ3v) is 7.14. The summed E-state index contributed by atoms with van der Waals surface area (Å²) in [5.74, 6) is 1.36. The molecule has 170 valence electrons. The summed E-state index contributed by atoms with van der Waals surface area (Å²) in [4.78, 5) is 10.3. The van der Waals surface area contributed by atoms with Crippen molar-refractivity contribution < 1.29 is 0 Å². The first kappa shape index (κ1) is 22.2. The highest BCUT2D eigenvalue weighted by Gasteiger charge is 2.42. The highest BCUT2D eigenvalue weighted by molar-refractivity contribution is 7.98. The predicted molar refractivity (Wildman–Crippen MR) is 136 cm³/mol. The van der Waals surface area contributed by atoms with Crippen LogP contribution in [0.3, 0.4) is 0 Å². The summed E-state index contributed by atoms with van der Waals surface area (Å²) < 4.78 is 3.95. The third kappa shape index (κ3) is 3.95. The summed E-state index contributed by atoms with van der Waals surface area (Å²) in [5, 5.41) is 15.0. The minimum atomic E-state index is -0.768. The summed E-state index contributed by atoms with van der Waals surface area (Å²) in [6.07, 6.45) is 11.5. The lowest BCUT2D eigenvalue weighted by Gasteiger charge is -2.30. The van der Waals surface area contributed by atoms with Crippen molar-refractivity contribution in [3.8, 4) is 11.8 Å². The molecule has 5 rings (SSSR count).